The van der Waals surface area contributed by atoms with Crippen molar-refractivity contribution in [3.05, 3.63) is 77.3 Å². The highest BCUT2D eigenvalue weighted by molar-refractivity contribution is 7.13. The number of benzene rings is 1. The van der Waals surface area contributed by atoms with E-state index in [2.05, 4.69) is 25.3 Å². The lowest BCUT2D eigenvalue weighted by Crippen LogP contribution is -2.19. The highest BCUT2D eigenvalue weighted by atomic mass is 32.1. The highest BCUT2D eigenvalue weighted by Crippen LogP contribution is 2.33. The van der Waals surface area contributed by atoms with E-state index in [0.29, 0.717) is 46.0 Å². The number of hydrogen-bond acceptors (Lipinski definition) is 9. The number of nitrogen functional groups attached to an aromatic ring is 1. The molecule has 0 radical (unpaired) electrons. The largest absolute Gasteiger partial charge is 0.398 e. The van der Waals surface area contributed by atoms with Crippen molar-refractivity contribution >= 4 is 40.7 Å². The Balaban J connectivity index is 1.69. The van der Waals surface area contributed by atoms with Gasteiger partial charge in [0.2, 0.25) is 5.91 Å². The normalized spacial score (nSPS) is 11.6. The van der Waals surface area contributed by atoms with Crippen molar-refractivity contribution in [3.8, 4) is 21.7 Å². The molecule has 0 atom stereocenters. The lowest BCUT2D eigenvalue weighted by Gasteiger charge is -2.15. The second-order valence-corrected chi connectivity index (χ2v) is 10.0. The van der Waals surface area contributed by atoms with E-state index in [4.69, 9.17) is 11.5 Å². The van der Waals surface area contributed by atoms with Gasteiger partial charge in [-0.3, -0.25) is 24.5 Å². The average Bonchev–Trinajstić information content (AvgIpc) is 3.39. The molecule has 0 fully saturated rings. The number of carbonyl (C=O) groups excluding carboxylic acids is 2. The minimum Gasteiger partial charge on any atom is -0.398 e. The van der Waals surface area contributed by atoms with Gasteiger partial charge in [-0.25, -0.2) is 4.98 Å². The number of pyridine rings is 2. The fourth-order valence-corrected chi connectivity index (χ4v) is 4.29. The molecular weight excluding hydrogens is 502 g/mol. The molecule has 1 aromatic carbocycles. The van der Waals surface area contributed by atoms with Gasteiger partial charge in [-0.15, -0.1) is 11.3 Å². The smallest absolute Gasteiger partial charge is 0.275 e. The van der Waals surface area contributed by atoms with E-state index in [1.165, 1.54) is 17.5 Å². The van der Waals surface area contributed by atoms with Gasteiger partial charge in [-0.05, 0) is 50.6 Å². The van der Waals surface area contributed by atoms with Gasteiger partial charge in [-0.1, -0.05) is 0 Å². The van der Waals surface area contributed by atoms with Crippen LogP contribution in [0.25, 0.3) is 21.7 Å². The summed E-state index contributed by atoms with van der Waals surface area (Å²) in [4.78, 5) is 42.0. The third-order valence-corrected chi connectivity index (χ3v) is 6.42. The lowest BCUT2D eigenvalue weighted by atomic mass is 10.00. The lowest BCUT2D eigenvalue weighted by molar-refractivity contribution is 0.0739. The molecule has 0 unspecified atom stereocenters. The third kappa shape index (κ3) is 6.64. The summed E-state index contributed by atoms with van der Waals surface area (Å²) in [6, 6.07) is 8.63. The molecule has 0 saturated heterocycles. The van der Waals surface area contributed by atoms with Crippen molar-refractivity contribution < 1.29 is 14.7 Å². The molecule has 4 rings (SSSR count). The quantitative estimate of drug-likeness (QED) is 0.189. The molecule has 10 nitrogen and oxygen atoms in total. The molecule has 3 heterocycles. The molecule has 0 spiro atoms. The number of nitrogens with zero attached hydrogens (tertiary/aromatic N) is 4. The van der Waals surface area contributed by atoms with E-state index in [1.807, 2.05) is 6.07 Å². The van der Waals surface area contributed by atoms with Crippen LogP contribution in [0, 0.1) is 0 Å². The molecule has 0 aliphatic heterocycles. The number of carbonyl (C=O) groups is 2. The fraction of sp³-hybridized carbons (Fsp3) is 0.185. The van der Waals surface area contributed by atoms with Crippen LogP contribution in [0.3, 0.4) is 0 Å². The first-order valence-electron chi connectivity index (χ1n) is 11.7. The van der Waals surface area contributed by atoms with Crippen LogP contribution in [-0.2, 0) is 0 Å². The van der Waals surface area contributed by atoms with Crippen LogP contribution < -0.4 is 16.8 Å². The number of rotatable bonds is 9. The number of anilines is 2. The van der Waals surface area contributed by atoms with Gasteiger partial charge in [0.1, 0.15) is 10.7 Å². The van der Waals surface area contributed by atoms with Gasteiger partial charge < -0.3 is 21.9 Å². The second-order valence-electron chi connectivity index (χ2n) is 9.18. The van der Waals surface area contributed by atoms with Crippen LogP contribution in [0.4, 0.5) is 11.4 Å². The summed E-state index contributed by atoms with van der Waals surface area (Å²) in [5.41, 5.74) is 14.7. The van der Waals surface area contributed by atoms with Crippen molar-refractivity contribution in [2.75, 3.05) is 17.6 Å². The average molecular weight is 530 g/mol. The number of nitrogens with one attached hydrogen (secondary N) is 1. The maximum absolute atomic E-state index is 13.2. The minimum atomic E-state index is -0.841. The molecule has 194 valence electrons. The van der Waals surface area contributed by atoms with E-state index in [1.54, 1.807) is 68.3 Å². The van der Waals surface area contributed by atoms with Crippen molar-refractivity contribution in [2.24, 2.45) is 10.7 Å². The molecule has 2 amide bonds. The third-order valence-electron chi connectivity index (χ3n) is 5.53. The number of primary amides is 1. The van der Waals surface area contributed by atoms with E-state index >= 15 is 0 Å². The summed E-state index contributed by atoms with van der Waals surface area (Å²) >= 11 is 1.33. The fourth-order valence-electron chi connectivity index (χ4n) is 3.50. The summed E-state index contributed by atoms with van der Waals surface area (Å²) in [5.74, 6) is -1.05. The Morgan fingerprint density at radius 2 is 1.95 bits per heavy atom. The van der Waals surface area contributed by atoms with E-state index in [0.717, 1.165) is 5.56 Å². The summed E-state index contributed by atoms with van der Waals surface area (Å²) in [6.45, 7) is 3.82. The van der Waals surface area contributed by atoms with Crippen LogP contribution in [0.15, 0.2) is 65.5 Å². The van der Waals surface area contributed by atoms with Crippen molar-refractivity contribution in [1.29, 1.82) is 0 Å². The predicted molar refractivity (Wildman–Crippen MR) is 149 cm³/mol. The first-order chi connectivity index (χ1) is 18.1. The van der Waals surface area contributed by atoms with Gasteiger partial charge in [-0.2, -0.15) is 0 Å². The molecule has 3 aromatic heterocycles. The molecule has 0 bridgehead atoms. The molecule has 0 aliphatic rings. The van der Waals surface area contributed by atoms with E-state index in [-0.39, 0.29) is 11.3 Å². The maximum atomic E-state index is 13.2. The summed E-state index contributed by atoms with van der Waals surface area (Å²) in [6.07, 6.45) is 8.34. The Morgan fingerprint density at radius 3 is 2.66 bits per heavy atom. The number of hydrogen-bond donors (Lipinski definition) is 4. The minimum absolute atomic E-state index is 0.219. The number of aliphatic imine (C=N–C) groups is 1. The summed E-state index contributed by atoms with van der Waals surface area (Å²) < 4.78 is 0. The topological polar surface area (TPSA) is 169 Å². The molecule has 6 N–H and O–H groups in total. The number of thiazole rings is 1. The summed E-state index contributed by atoms with van der Waals surface area (Å²) in [7, 11) is 0. The van der Waals surface area contributed by atoms with Crippen LogP contribution in [0.5, 0.6) is 0 Å². The Kier molecular flexibility index (Phi) is 7.89. The van der Waals surface area contributed by atoms with Crippen LogP contribution in [-0.4, -0.2) is 50.2 Å². The maximum Gasteiger partial charge on any atom is 0.275 e. The molecule has 38 heavy (non-hydrogen) atoms. The van der Waals surface area contributed by atoms with Crippen molar-refractivity contribution in [2.45, 2.75) is 25.9 Å². The SMILES string of the molecule is CC(C)(O)CCN=Cc1cc(NC(=O)c2csc(-c3cccnc3)n2)c(-c2cncc(C(N)=O)c2)cc1N. The second kappa shape index (κ2) is 11.3. The van der Waals surface area contributed by atoms with Gasteiger partial charge in [0.25, 0.3) is 5.91 Å². The number of amides is 2. The van der Waals surface area contributed by atoms with Gasteiger partial charge in [0, 0.05) is 76.6 Å². The molecule has 0 saturated carbocycles. The standard InChI is InChI=1S/C27H27N7O3S/c1-27(2,37)5-7-31-13-18-9-22(20(10-21(18)28)17-8-19(24(29)35)14-32-12-17)33-25(36)23-15-38-26(34-23)16-4-3-6-30-11-16/h3-4,6,8-15,37H,5,7,28H2,1-2H3,(H2,29,35)(H,33,36). The van der Waals surface area contributed by atoms with Crippen LogP contribution >= 0.6 is 11.3 Å². The zero-order chi connectivity index (χ0) is 27.3. The Hall–Kier alpha value is -4.48. The van der Waals surface area contributed by atoms with Crippen LogP contribution in [0.1, 0.15) is 46.7 Å². The highest BCUT2D eigenvalue weighted by Gasteiger charge is 2.17. The number of aromatic nitrogens is 3. The zero-order valence-corrected chi connectivity index (χ0v) is 21.7. The Bertz CT molecular complexity index is 1490. The van der Waals surface area contributed by atoms with Gasteiger partial charge in [0.05, 0.1) is 11.2 Å². The van der Waals surface area contributed by atoms with E-state index < -0.39 is 17.4 Å². The predicted octanol–water partition coefficient (Wildman–Crippen LogP) is 3.78. The number of aliphatic hydroxyl groups is 1. The molecular formula is C27H27N7O3S. The Morgan fingerprint density at radius 1 is 1.16 bits per heavy atom. The van der Waals surface area contributed by atoms with Crippen molar-refractivity contribution in [1.82, 2.24) is 15.0 Å². The van der Waals surface area contributed by atoms with E-state index in [9.17, 15) is 14.7 Å². The molecule has 11 heteroatoms. The first-order valence-corrected chi connectivity index (χ1v) is 12.6. The van der Waals surface area contributed by atoms with Gasteiger partial charge >= 0.3 is 0 Å². The number of nitrogens with two attached hydrogens (primary N) is 2. The van der Waals surface area contributed by atoms with Gasteiger partial charge in [0.15, 0.2) is 0 Å². The van der Waals surface area contributed by atoms with Crippen molar-refractivity contribution in [3.63, 3.8) is 0 Å². The molecule has 0 aliphatic carbocycles. The summed E-state index contributed by atoms with van der Waals surface area (Å²) in [5, 5.41) is 15.2. The van der Waals surface area contributed by atoms with Crippen LogP contribution in [0.2, 0.25) is 0 Å². The Labute approximate surface area is 223 Å². The zero-order valence-electron chi connectivity index (χ0n) is 20.9. The first kappa shape index (κ1) is 26.6. The molecule has 4 aromatic rings. The monoisotopic (exact) mass is 529 g/mol.